The molecule has 0 N–H and O–H groups in total. The number of amides is 1. The molecule has 0 bridgehead atoms. The number of nitrogens with zero attached hydrogens (tertiary/aromatic N) is 5. The van der Waals surface area contributed by atoms with Crippen LogP contribution in [0.5, 0.6) is 0 Å². The van der Waals surface area contributed by atoms with Crippen LogP contribution in [0.2, 0.25) is 0 Å². The van der Waals surface area contributed by atoms with Crippen LogP contribution in [0, 0.1) is 13.8 Å². The first-order chi connectivity index (χ1) is 12.5. The molecule has 0 aliphatic carbocycles. The summed E-state index contributed by atoms with van der Waals surface area (Å²) in [5.74, 6) is 0.0249. The maximum absolute atomic E-state index is 13.2. The molecule has 3 rings (SSSR count). The van der Waals surface area contributed by atoms with E-state index < -0.39 is 0 Å². The summed E-state index contributed by atoms with van der Waals surface area (Å²) in [5, 5.41) is 4.47. The molecule has 1 atom stereocenters. The molecule has 3 heterocycles. The average molecular weight is 349 g/mol. The van der Waals surface area contributed by atoms with Crippen LogP contribution in [0.3, 0.4) is 0 Å². The highest BCUT2D eigenvalue weighted by Crippen LogP contribution is 2.18. The van der Waals surface area contributed by atoms with Crippen LogP contribution in [-0.4, -0.2) is 30.6 Å². The molecule has 0 spiro atoms. The second kappa shape index (κ2) is 7.91. The lowest BCUT2D eigenvalue weighted by atomic mass is 10.2. The number of aryl methyl sites for hydroxylation is 2. The number of aromatic nitrogens is 4. The third kappa shape index (κ3) is 4.14. The molecular weight excluding hydrogens is 326 g/mol. The van der Waals surface area contributed by atoms with Crippen molar-refractivity contribution in [1.29, 1.82) is 0 Å². The molecule has 0 aromatic carbocycles. The van der Waals surface area contributed by atoms with Crippen LogP contribution >= 0.6 is 0 Å². The smallest absolute Gasteiger partial charge is 0.247 e. The summed E-state index contributed by atoms with van der Waals surface area (Å²) in [6.07, 6.45) is 7.01. The Hall–Kier alpha value is -3.02. The summed E-state index contributed by atoms with van der Waals surface area (Å²) in [6, 6.07) is 9.33. The summed E-state index contributed by atoms with van der Waals surface area (Å²) >= 11 is 0. The van der Waals surface area contributed by atoms with E-state index in [0.29, 0.717) is 13.1 Å². The number of pyridine rings is 2. The van der Waals surface area contributed by atoms with Gasteiger partial charge in [-0.05, 0) is 56.2 Å². The minimum Gasteiger partial charge on any atom is -0.332 e. The van der Waals surface area contributed by atoms with Crippen LogP contribution in [0.25, 0.3) is 0 Å². The van der Waals surface area contributed by atoms with Crippen LogP contribution in [0.15, 0.2) is 55.1 Å². The zero-order valence-electron chi connectivity index (χ0n) is 15.3. The summed E-state index contributed by atoms with van der Waals surface area (Å²) in [5.41, 5.74) is 3.93. The highest BCUT2D eigenvalue weighted by Gasteiger charge is 2.24. The Kier molecular flexibility index (Phi) is 5.41. The van der Waals surface area contributed by atoms with Gasteiger partial charge in [0.05, 0.1) is 5.69 Å². The van der Waals surface area contributed by atoms with E-state index >= 15 is 0 Å². The van der Waals surface area contributed by atoms with Gasteiger partial charge < -0.3 is 4.90 Å². The van der Waals surface area contributed by atoms with Gasteiger partial charge in [-0.3, -0.25) is 19.4 Å². The van der Waals surface area contributed by atoms with Crippen molar-refractivity contribution in [3.8, 4) is 0 Å². The van der Waals surface area contributed by atoms with Gasteiger partial charge in [0.25, 0.3) is 0 Å². The fourth-order valence-electron chi connectivity index (χ4n) is 3.04. The molecule has 3 aromatic heterocycles. The van der Waals surface area contributed by atoms with Crippen molar-refractivity contribution in [1.82, 2.24) is 24.6 Å². The Balaban J connectivity index is 1.86. The van der Waals surface area contributed by atoms with Crippen molar-refractivity contribution in [2.45, 2.75) is 39.9 Å². The van der Waals surface area contributed by atoms with Crippen LogP contribution in [0.1, 0.15) is 35.5 Å². The minimum absolute atomic E-state index is 0.0249. The number of rotatable bonds is 6. The summed E-state index contributed by atoms with van der Waals surface area (Å²) < 4.78 is 1.79. The molecule has 26 heavy (non-hydrogen) atoms. The van der Waals surface area contributed by atoms with Gasteiger partial charge in [0.1, 0.15) is 6.04 Å². The molecular formula is C20H23N5O. The van der Waals surface area contributed by atoms with Crippen LogP contribution < -0.4 is 0 Å². The standard InChI is InChI=1S/C20H23N5O/c1-15-11-16(2)25(23-15)17(3)20(26)24(13-18-6-9-21-10-7-18)14-19-5-4-8-22-12-19/h4-12,17H,13-14H2,1-3H3. The molecule has 1 amide bonds. The number of hydrogen-bond acceptors (Lipinski definition) is 4. The Morgan fingerprint density at radius 1 is 1.08 bits per heavy atom. The monoisotopic (exact) mass is 349 g/mol. The molecule has 6 nitrogen and oxygen atoms in total. The fraction of sp³-hybridized carbons (Fsp3) is 0.300. The van der Waals surface area contributed by atoms with Crippen molar-refractivity contribution in [3.63, 3.8) is 0 Å². The summed E-state index contributed by atoms with van der Waals surface area (Å²) in [7, 11) is 0. The topological polar surface area (TPSA) is 63.9 Å². The molecule has 0 fully saturated rings. The normalized spacial score (nSPS) is 12.0. The molecule has 0 radical (unpaired) electrons. The van der Waals surface area contributed by atoms with Gasteiger partial charge in [-0.15, -0.1) is 0 Å². The van der Waals surface area contributed by atoms with Gasteiger partial charge in [-0.2, -0.15) is 5.10 Å². The van der Waals surface area contributed by atoms with Crippen molar-refractivity contribution in [2.75, 3.05) is 0 Å². The molecule has 1 unspecified atom stereocenters. The van der Waals surface area contributed by atoms with Crippen molar-refractivity contribution in [2.24, 2.45) is 0 Å². The largest absolute Gasteiger partial charge is 0.332 e. The molecule has 0 aliphatic heterocycles. The second-order valence-electron chi connectivity index (χ2n) is 6.46. The predicted octanol–water partition coefficient (Wildman–Crippen LogP) is 3.08. The van der Waals surface area contributed by atoms with E-state index in [4.69, 9.17) is 0 Å². The van der Waals surface area contributed by atoms with Crippen LogP contribution in [0.4, 0.5) is 0 Å². The van der Waals surface area contributed by atoms with Gasteiger partial charge in [0.15, 0.2) is 0 Å². The molecule has 3 aromatic rings. The first kappa shape index (κ1) is 17.8. The van der Waals surface area contributed by atoms with Gasteiger partial charge in [0, 0.05) is 43.6 Å². The zero-order valence-corrected chi connectivity index (χ0v) is 15.3. The van der Waals surface area contributed by atoms with E-state index in [9.17, 15) is 4.79 Å². The first-order valence-corrected chi connectivity index (χ1v) is 8.64. The Labute approximate surface area is 153 Å². The lowest BCUT2D eigenvalue weighted by Gasteiger charge is -2.26. The zero-order chi connectivity index (χ0) is 18.5. The van der Waals surface area contributed by atoms with E-state index in [-0.39, 0.29) is 11.9 Å². The average Bonchev–Trinajstić information content (AvgIpc) is 3.00. The van der Waals surface area contributed by atoms with Gasteiger partial charge in [0.2, 0.25) is 5.91 Å². The van der Waals surface area contributed by atoms with E-state index in [1.807, 2.05) is 56.0 Å². The fourth-order valence-corrected chi connectivity index (χ4v) is 3.04. The molecule has 0 saturated carbocycles. The molecule has 0 saturated heterocycles. The number of carbonyl (C=O) groups is 1. The van der Waals surface area contributed by atoms with E-state index in [1.165, 1.54) is 0 Å². The molecule has 134 valence electrons. The maximum Gasteiger partial charge on any atom is 0.247 e. The highest BCUT2D eigenvalue weighted by atomic mass is 16.2. The molecule has 0 aliphatic rings. The number of carbonyl (C=O) groups excluding carboxylic acids is 1. The van der Waals surface area contributed by atoms with Gasteiger partial charge in [-0.25, -0.2) is 0 Å². The van der Waals surface area contributed by atoms with Gasteiger partial charge in [-0.1, -0.05) is 6.07 Å². The third-order valence-corrected chi connectivity index (χ3v) is 4.30. The van der Waals surface area contributed by atoms with E-state index in [0.717, 1.165) is 22.5 Å². The summed E-state index contributed by atoms with van der Waals surface area (Å²) in [6.45, 7) is 6.81. The minimum atomic E-state index is -0.373. The molecule has 6 heteroatoms. The lowest BCUT2D eigenvalue weighted by Crippen LogP contribution is -2.36. The Morgan fingerprint density at radius 3 is 2.42 bits per heavy atom. The van der Waals surface area contributed by atoms with E-state index in [1.54, 1.807) is 29.5 Å². The predicted molar refractivity (Wildman–Crippen MR) is 99.1 cm³/mol. The lowest BCUT2D eigenvalue weighted by molar-refractivity contribution is -0.136. The van der Waals surface area contributed by atoms with Gasteiger partial charge >= 0.3 is 0 Å². The van der Waals surface area contributed by atoms with Crippen molar-refractivity contribution >= 4 is 5.91 Å². The van der Waals surface area contributed by atoms with Crippen LogP contribution in [-0.2, 0) is 17.9 Å². The highest BCUT2D eigenvalue weighted by molar-refractivity contribution is 5.80. The van der Waals surface area contributed by atoms with Crippen molar-refractivity contribution < 1.29 is 4.79 Å². The second-order valence-corrected chi connectivity index (χ2v) is 6.46. The van der Waals surface area contributed by atoms with E-state index in [2.05, 4.69) is 15.1 Å². The Bertz CT molecular complexity index is 819. The maximum atomic E-state index is 13.2. The summed E-state index contributed by atoms with van der Waals surface area (Å²) in [4.78, 5) is 23.3. The first-order valence-electron chi connectivity index (χ1n) is 8.64. The quantitative estimate of drug-likeness (QED) is 0.686. The number of hydrogen-bond donors (Lipinski definition) is 0. The van der Waals surface area contributed by atoms with Crippen molar-refractivity contribution in [3.05, 3.63) is 77.6 Å². The SMILES string of the molecule is Cc1cc(C)n(C(C)C(=O)N(Cc2ccncc2)Cc2cccnc2)n1. The Morgan fingerprint density at radius 2 is 1.81 bits per heavy atom. The third-order valence-electron chi connectivity index (χ3n) is 4.30.